The van der Waals surface area contributed by atoms with Crippen LogP contribution < -0.4 is 0 Å². The maximum absolute atomic E-state index is 10.8. The van der Waals surface area contributed by atoms with E-state index in [1.807, 2.05) is 22.2 Å². The van der Waals surface area contributed by atoms with E-state index in [4.69, 9.17) is 4.42 Å². The third-order valence-corrected chi connectivity index (χ3v) is 4.68. The van der Waals surface area contributed by atoms with Crippen molar-refractivity contribution in [2.24, 2.45) is 0 Å². The van der Waals surface area contributed by atoms with E-state index in [-0.39, 0.29) is 5.69 Å². The van der Waals surface area contributed by atoms with Crippen molar-refractivity contribution in [3.05, 3.63) is 51.8 Å². The fourth-order valence-corrected chi connectivity index (χ4v) is 3.49. The Hall–Kier alpha value is -2.39. The summed E-state index contributed by atoms with van der Waals surface area (Å²) < 4.78 is 7.52. The molecule has 7 nitrogen and oxygen atoms in total. The summed E-state index contributed by atoms with van der Waals surface area (Å²) in [6, 6.07) is 4.40. The molecule has 1 aromatic carbocycles. The molecule has 0 bridgehead atoms. The number of hydrogen-bond acceptors (Lipinski definition) is 7. The van der Waals surface area contributed by atoms with E-state index < -0.39 is 4.92 Å². The highest BCUT2D eigenvalue weighted by atomic mass is 32.2. The molecule has 9 heteroatoms. The fourth-order valence-electron chi connectivity index (χ4n) is 2.05. The van der Waals surface area contributed by atoms with Gasteiger partial charge in [0.05, 0.1) is 16.7 Å². The molecule has 110 valence electrons. The molecule has 0 spiro atoms. The monoisotopic (exact) mass is 332 g/mol. The molecule has 0 N–H and O–H groups in total. The molecular formula is C13H8N4O3S2. The van der Waals surface area contributed by atoms with Gasteiger partial charge in [-0.3, -0.25) is 14.5 Å². The predicted molar refractivity (Wildman–Crippen MR) is 83.3 cm³/mol. The van der Waals surface area contributed by atoms with Crippen LogP contribution in [0.5, 0.6) is 0 Å². The highest BCUT2D eigenvalue weighted by Crippen LogP contribution is 2.28. The van der Waals surface area contributed by atoms with Crippen molar-refractivity contribution in [3.8, 4) is 0 Å². The number of aromatic nitrogens is 3. The van der Waals surface area contributed by atoms with Crippen LogP contribution in [0.4, 0.5) is 5.69 Å². The van der Waals surface area contributed by atoms with Crippen LogP contribution in [-0.2, 0) is 5.75 Å². The molecule has 0 saturated carbocycles. The molecule has 4 rings (SSSR count). The van der Waals surface area contributed by atoms with Gasteiger partial charge in [0, 0.05) is 29.6 Å². The lowest BCUT2D eigenvalue weighted by atomic mass is 10.3. The van der Waals surface area contributed by atoms with Gasteiger partial charge >= 0.3 is 0 Å². The Morgan fingerprint density at radius 2 is 2.32 bits per heavy atom. The van der Waals surface area contributed by atoms with Gasteiger partial charge in [-0.05, 0) is 6.07 Å². The number of benzene rings is 1. The van der Waals surface area contributed by atoms with Crippen LogP contribution in [0.2, 0.25) is 0 Å². The minimum absolute atomic E-state index is 0.00506. The highest BCUT2D eigenvalue weighted by molar-refractivity contribution is 7.98. The van der Waals surface area contributed by atoms with E-state index >= 15 is 0 Å². The molecule has 0 aliphatic carbocycles. The van der Waals surface area contributed by atoms with Gasteiger partial charge in [0.1, 0.15) is 5.52 Å². The summed E-state index contributed by atoms with van der Waals surface area (Å²) >= 11 is 2.99. The summed E-state index contributed by atoms with van der Waals surface area (Å²) in [6.07, 6.45) is 3.92. The standard InChI is InChI=1S/C13H8N4O3S2/c18-17(19)9-1-2-10-11(5-9)20-13(15-10)22-7-8-6-16-3-4-21-12(16)14-8/h1-6H,7H2. The topological polar surface area (TPSA) is 86.5 Å². The number of rotatable bonds is 4. The first-order valence-corrected chi connectivity index (χ1v) is 8.14. The number of imidazole rings is 1. The van der Waals surface area contributed by atoms with Crippen molar-refractivity contribution in [1.29, 1.82) is 0 Å². The van der Waals surface area contributed by atoms with Crippen molar-refractivity contribution in [1.82, 2.24) is 14.4 Å². The van der Waals surface area contributed by atoms with Crippen LogP contribution in [-0.4, -0.2) is 19.3 Å². The van der Waals surface area contributed by atoms with Crippen LogP contribution >= 0.6 is 23.1 Å². The van der Waals surface area contributed by atoms with Gasteiger partial charge in [0.15, 0.2) is 10.5 Å². The Bertz CT molecular complexity index is 959. The van der Waals surface area contributed by atoms with Crippen LogP contribution in [0.3, 0.4) is 0 Å². The minimum Gasteiger partial charge on any atom is -0.431 e. The molecule has 0 unspecified atom stereocenters. The van der Waals surface area contributed by atoms with E-state index in [1.165, 1.54) is 23.9 Å². The Balaban J connectivity index is 1.56. The number of nitro groups is 1. The van der Waals surface area contributed by atoms with Gasteiger partial charge < -0.3 is 4.42 Å². The second-order valence-corrected chi connectivity index (χ2v) is 6.30. The van der Waals surface area contributed by atoms with Crippen LogP contribution in [0, 0.1) is 10.1 Å². The lowest BCUT2D eigenvalue weighted by molar-refractivity contribution is -0.384. The molecule has 3 aromatic heterocycles. The zero-order valence-corrected chi connectivity index (χ0v) is 12.6. The molecule has 22 heavy (non-hydrogen) atoms. The SMILES string of the molecule is O=[N+]([O-])c1ccc2nc(SCc3cn4ccsc4n3)oc2c1. The Morgan fingerprint density at radius 1 is 1.41 bits per heavy atom. The van der Waals surface area contributed by atoms with Crippen LogP contribution in [0.1, 0.15) is 5.69 Å². The van der Waals surface area contributed by atoms with Crippen molar-refractivity contribution < 1.29 is 9.34 Å². The quantitative estimate of drug-likeness (QED) is 0.321. The molecule has 3 heterocycles. The summed E-state index contributed by atoms with van der Waals surface area (Å²) in [5, 5.41) is 13.2. The van der Waals surface area contributed by atoms with E-state index in [2.05, 4.69) is 9.97 Å². The van der Waals surface area contributed by atoms with E-state index in [9.17, 15) is 10.1 Å². The number of fused-ring (bicyclic) bond motifs is 2. The number of nitrogens with zero attached hydrogens (tertiary/aromatic N) is 4. The molecule has 0 amide bonds. The smallest absolute Gasteiger partial charge is 0.273 e. The summed E-state index contributed by atoms with van der Waals surface area (Å²) in [5.41, 5.74) is 1.96. The molecule has 4 aromatic rings. The van der Waals surface area contributed by atoms with Crippen LogP contribution in [0.25, 0.3) is 16.1 Å². The molecule has 0 aliphatic rings. The zero-order chi connectivity index (χ0) is 15.1. The van der Waals surface area contributed by atoms with Gasteiger partial charge in [0.25, 0.3) is 10.9 Å². The summed E-state index contributed by atoms with van der Waals surface area (Å²) in [7, 11) is 0. The van der Waals surface area contributed by atoms with Gasteiger partial charge in [0.2, 0.25) is 0 Å². The number of hydrogen-bond donors (Lipinski definition) is 0. The first-order valence-electron chi connectivity index (χ1n) is 6.28. The van der Waals surface area contributed by atoms with Crippen molar-refractivity contribution in [3.63, 3.8) is 0 Å². The summed E-state index contributed by atoms with van der Waals surface area (Å²) in [4.78, 5) is 20.0. The maximum Gasteiger partial charge on any atom is 0.273 e. The Labute approximate surface area is 131 Å². The maximum atomic E-state index is 10.8. The number of nitro benzene ring substituents is 1. The van der Waals surface area contributed by atoms with E-state index in [0.717, 1.165) is 10.7 Å². The Morgan fingerprint density at radius 3 is 3.14 bits per heavy atom. The first-order chi connectivity index (χ1) is 10.7. The summed E-state index contributed by atoms with van der Waals surface area (Å²) in [5.74, 6) is 0.628. The first kappa shape index (κ1) is 13.3. The average molecular weight is 332 g/mol. The molecular weight excluding hydrogens is 324 g/mol. The van der Waals surface area contributed by atoms with Crippen molar-refractivity contribution in [2.45, 2.75) is 11.0 Å². The highest BCUT2D eigenvalue weighted by Gasteiger charge is 2.12. The second-order valence-electron chi connectivity index (χ2n) is 4.50. The lowest BCUT2D eigenvalue weighted by Gasteiger charge is -1.91. The minimum atomic E-state index is -0.452. The number of non-ortho nitro benzene ring substituents is 1. The number of oxazole rings is 1. The normalized spacial score (nSPS) is 11.5. The average Bonchev–Trinajstić information content (AvgIpc) is 3.17. The third kappa shape index (κ3) is 2.34. The zero-order valence-electron chi connectivity index (χ0n) is 11.0. The molecule has 0 radical (unpaired) electrons. The van der Waals surface area contributed by atoms with Gasteiger partial charge in [-0.2, -0.15) is 0 Å². The fraction of sp³-hybridized carbons (Fsp3) is 0.0769. The third-order valence-electron chi connectivity index (χ3n) is 3.05. The molecule has 0 fully saturated rings. The summed E-state index contributed by atoms with van der Waals surface area (Å²) in [6.45, 7) is 0. The second kappa shape index (κ2) is 5.11. The van der Waals surface area contributed by atoms with Crippen molar-refractivity contribution in [2.75, 3.05) is 0 Å². The largest absolute Gasteiger partial charge is 0.431 e. The van der Waals surface area contributed by atoms with Crippen molar-refractivity contribution >= 4 is 44.8 Å². The Kier molecular flexibility index (Phi) is 3.09. The number of thiazole rings is 1. The molecule has 0 saturated heterocycles. The van der Waals surface area contributed by atoms with Gasteiger partial charge in [-0.25, -0.2) is 9.97 Å². The van der Waals surface area contributed by atoms with Crippen LogP contribution in [0.15, 0.2) is 45.6 Å². The van der Waals surface area contributed by atoms with Gasteiger partial charge in [-0.15, -0.1) is 11.3 Å². The van der Waals surface area contributed by atoms with E-state index in [1.54, 1.807) is 17.4 Å². The molecule has 0 atom stereocenters. The lowest BCUT2D eigenvalue weighted by Crippen LogP contribution is -1.86. The van der Waals surface area contributed by atoms with Gasteiger partial charge in [-0.1, -0.05) is 11.8 Å². The number of thioether (sulfide) groups is 1. The molecule has 0 aliphatic heterocycles. The van der Waals surface area contributed by atoms with E-state index in [0.29, 0.717) is 22.1 Å². The predicted octanol–water partition coefficient (Wildman–Crippen LogP) is 3.74.